The van der Waals surface area contributed by atoms with Crippen LogP contribution in [-0.2, 0) is 0 Å². The second-order valence-corrected chi connectivity index (χ2v) is 4.21. The van der Waals surface area contributed by atoms with E-state index in [4.69, 9.17) is 0 Å². The Morgan fingerprint density at radius 2 is 2.17 bits per heavy atom. The Morgan fingerprint density at radius 1 is 1.28 bits per heavy atom. The second kappa shape index (κ2) is 4.23. The molecule has 3 aromatic heterocycles. The van der Waals surface area contributed by atoms with Gasteiger partial charge >= 0.3 is 0 Å². The first-order valence-electron chi connectivity index (χ1n) is 5.82. The lowest BCUT2D eigenvalue weighted by Crippen LogP contribution is -1.96. The van der Waals surface area contributed by atoms with Gasteiger partial charge in [-0.2, -0.15) is 0 Å². The Hall–Kier alpha value is -2.20. The van der Waals surface area contributed by atoms with Crippen LogP contribution < -0.4 is 0 Å². The van der Waals surface area contributed by atoms with Crippen molar-refractivity contribution in [1.82, 2.24) is 14.4 Å². The number of fused-ring (bicyclic) bond motifs is 1. The zero-order valence-corrected chi connectivity index (χ0v) is 9.99. The van der Waals surface area contributed by atoms with Gasteiger partial charge in [-0.25, -0.2) is 0 Å². The number of aliphatic hydroxyl groups excluding tert-OH is 1. The summed E-state index contributed by atoms with van der Waals surface area (Å²) < 4.78 is 2.02. The second-order valence-electron chi connectivity index (χ2n) is 4.21. The molecule has 0 bridgehead atoms. The third-order valence-electron chi connectivity index (χ3n) is 2.97. The van der Waals surface area contributed by atoms with E-state index >= 15 is 0 Å². The highest BCUT2D eigenvalue weighted by molar-refractivity contribution is 5.69. The Kier molecular flexibility index (Phi) is 2.57. The molecule has 90 valence electrons. The predicted molar refractivity (Wildman–Crippen MR) is 69.1 cm³/mol. The van der Waals surface area contributed by atoms with E-state index in [2.05, 4.69) is 9.97 Å². The van der Waals surface area contributed by atoms with Gasteiger partial charge in [0, 0.05) is 29.7 Å². The Morgan fingerprint density at radius 3 is 2.89 bits per heavy atom. The summed E-state index contributed by atoms with van der Waals surface area (Å²) in [6.07, 6.45) is 6.43. The first kappa shape index (κ1) is 10.9. The Bertz CT molecular complexity index is 674. The minimum atomic E-state index is -0.540. The highest BCUT2D eigenvalue weighted by atomic mass is 16.3. The van der Waals surface area contributed by atoms with Gasteiger partial charge in [-0.3, -0.25) is 9.97 Å². The van der Waals surface area contributed by atoms with Gasteiger partial charge in [0.15, 0.2) is 0 Å². The van der Waals surface area contributed by atoms with Crippen molar-refractivity contribution >= 4 is 5.52 Å². The lowest BCUT2D eigenvalue weighted by molar-refractivity contribution is 0.200. The van der Waals surface area contributed by atoms with Crippen LogP contribution in [0.15, 0.2) is 49.1 Å². The molecule has 4 nitrogen and oxygen atoms in total. The molecule has 0 aliphatic rings. The number of pyridine rings is 1. The van der Waals surface area contributed by atoms with Crippen molar-refractivity contribution in [1.29, 1.82) is 0 Å². The monoisotopic (exact) mass is 239 g/mol. The van der Waals surface area contributed by atoms with Crippen LogP contribution in [0.4, 0.5) is 0 Å². The number of hydrogen-bond donors (Lipinski definition) is 1. The number of aromatic nitrogens is 3. The van der Waals surface area contributed by atoms with Crippen LogP contribution in [0, 0.1) is 0 Å². The molecule has 0 saturated carbocycles. The van der Waals surface area contributed by atoms with E-state index in [1.54, 1.807) is 25.5 Å². The highest BCUT2D eigenvalue weighted by Crippen LogP contribution is 2.29. The van der Waals surface area contributed by atoms with Crippen molar-refractivity contribution in [3.05, 3.63) is 54.6 Å². The molecule has 0 spiro atoms. The predicted octanol–water partition coefficient (Wildman–Crippen LogP) is 2.45. The van der Waals surface area contributed by atoms with Crippen molar-refractivity contribution in [3.8, 4) is 11.4 Å². The summed E-state index contributed by atoms with van der Waals surface area (Å²) in [5.41, 5.74) is 3.56. The quantitative estimate of drug-likeness (QED) is 0.747. The van der Waals surface area contributed by atoms with E-state index in [-0.39, 0.29) is 0 Å². The fourth-order valence-corrected chi connectivity index (χ4v) is 2.16. The molecule has 0 radical (unpaired) electrons. The molecule has 0 saturated heterocycles. The summed E-state index contributed by atoms with van der Waals surface area (Å²) in [6.45, 7) is 1.76. The van der Waals surface area contributed by atoms with Gasteiger partial charge in [0.05, 0.1) is 18.0 Å². The summed E-state index contributed by atoms with van der Waals surface area (Å²) in [5.74, 6) is 0. The summed E-state index contributed by atoms with van der Waals surface area (Å²) in [6, 6.07) is 7.92. The zero-order chi connectivity index (χ0) is 12.5. The maximum atomic E-state index is 9.91. The molecule has 3 aromatic rings. The standard InChI is InChI=1S/C14H13N3O/c1-10(18)12-8-11-4-2-3-7-17(11)14(12)13-9-15-5-6-16-13/h2-10,18H,1H3. The largest absolute Gasteiger partial charge is 0.389 e. The van der Waals surface area contributed by atoms with E-state index < -0.39 is 6.10 Å². The third kappa shape index (κ3) is 1.67. The minimum absolute atomic E-state index is 0.540. The third-order valence-corrected chi connectivity index (χ3v) is 2.97. The van der Waals surface area contributed by atoms with Crippen LogP contribution in [0.25, 0.3) is 16.9 Å². The number of rotatable bonds is 2. The number of aliphatic hydroxyl groups is 1. The summed E-state index contributed by atoms with van der Waals surface area (Å²) in [4.78, 5) is 8.41. The summed E-state index contributed by atoms with van der Waals surface area (Å²) >= 11 is 0. The molecule has 4 heteroatoms. The van der Waals surface area contributed by atoms with E-state index in [0.29, 0.717) is 0 Å². The first-order chi connectivity index (χ1) is 8.77. The smallest absolute Gasteiger partial charge is 0.106 e. The van der Waals surface area contributed by atoms with Crippen LogP contribution in [-0.4, -0.2) is 19.5 Å². The van der Waals surface area contributed by atoms with Crippen LogP contribution in [0.3, 0.4) is 0 Å². The molecule has 0 fully saturated rings. The molecule has 18 heavy (non-hydrogen) atoms. The molecule has 0 aliphatic heterocycles. The highest BCUT2D eigenvalue weighted by Gasteiger charge is 2.16. The van der Waals surface area contributed by atoms with Gasteiger partial charge in [-0.05, 0) is 25.1 Å². The van der Waals surface area contributed by atoms with E-state index in [9.17, 15) is 5.11 Å². The molecular formula is C14H13N3O. The van der Waals surface area contributed by atoms with Crippen LogP contribution in [0.5, 0.6) is 0 Å². The SMILES string of the molecule is CC(O)c1cc2ccccn2c1-c1cnccn1. The van der Waals surface area contributed by atoms with Crippen LogP contribution in [0.2, 0.25) is 0 Å². The van der Waals surface area contributed by atoms with Gasteiger partial charge in [-0.1, -0.05) is 6.07 Å². The maximum Gasteiger partial charge on any atom is 0.106 e. The molecule has 3 rings (SSSR count). The molecular weight excluding hydrogens is 226 g/mol. The number of hydrogen-bond acceptors (Lipinski definition) is 3. The maximum absolute atomic E-state index is 9.91. The van der Waals surface area contributed by atoms with E-state index in [0.717, 1.165) is 22.5 Å². The molecule has 1 N–H and O–H groups in total. The Labute approximate surface area is 105 Å². The zero-order valence-electron chi connectivity index (χ0n) is 9.99. The molecule has 0 aliphatic carbocycles. The van der Waals surface area contributed by atoms with Gasteiger partial charge in [0.2, 0.25) is 0 Å². The van der Waals surface area contributed by atoms with Crippen LogP contribution >= 0.6 is 0 Å². The molecule has 1 unspecified atom stereocenters. The van der Waals surface area contributed by atoms with Crippen molar-refractivity contribution < 1.29 is 5.11 Å². The van der Waals surface area contributed by atoms with E-state index in [1.165, 1.54) is 0 Å². The van der Waals surface area contributed by atoms with Crippen LogP contribution in [0.1, 0.15) is 18.6 Å². The van der Waals surface area contributed by atoms with Crippen molar-refractivity contribution in [2.24, 2.45) is 0 Å². The average molecular weight is 239 g/mol. The van der Waals surface area contributed by atoms with Crippen molar-refractivity contribution in [2.45, 2.75) is 13.0 Å². The lowest BCUT2D eigenvalue weighted by atomic mass is 10.1. The first-order valence-corrected chi connectivity index (χ1v) is 5.82. The summed E-state index contributed by atoms with van der Waals surface area (Å²) in [7, 11) is 0. The fourth-order valence-electron chi connectivity index (χ4n) is 2.16. The van der Waals surface area contributed by atoms with E-state index in [1.807, 2.05) is 34.9 Å². The Balaban J connectivity index is 2.35. The fraction of sp³-hybridized carbons (Fsp3) is 0.143. The van der Waals surface area contributed by atoms with Crippen molar-refractivity contribution in [3.63, 3.8) is 0 Å². The normalized spacial score (nSPS) is 12.8. The number of nitrogens with zero attached hydrogens (tertiary/aromatic N) is 3. The molecule has 1 atom stereocenters. The van der Waals surface area contributed by atoms with Gasteiger partial charge in [-0.15, -0.1) is 0 Å². The molecule has 0 amide bonds. The molecule has 3 heterocycles. The van der Waals surface area contributed by atoms with Gasteiger partial charge < -0.3 is 9.51 Å². The van der Waals surface area contributed by atoms with Gasteiger partial charge in [0.1, 0.15) is 5.69 Å². The summed E-state index contributed by atoms with van der Waals surface area (Å²) in [5, 5.41) is 9.91. The topological polar surface area (TPSA) is 50.4 Å². The molecule has 0 aromatic carbocycles. The van der Waals surface area contributed by atoms with Gasteiger partial charge in [0.25, 0.3) is 0 Å². The van der Waals surface area contributed by atoms with Crippen molar-refractivity contribution in [2.75, 3.05) is 0 Å². The average Bonchev–Trinajstić information content (AvgIpc) is 2.79. The lowest BCUT2D eigenvalue weighted by Gasteiger charge is -2.07. The minimum Gasteiger partial charge on any atom is -0.389 e.